The lowest BCUT2D eigenvalue weighted by Crippen LogP contribution is -2.35. The van der Waals surface area contributed by atoms with E-state index in [2.05, 4.69) is 5.32 Å². The molecule has 1 aliphatic heterocycles. The van der Waals surface area contributed by atoms with Gasteiger partial charge in [0.25, 0.3) is 0 Å². The average molecular weight is 273 g/mol. The highest BCUT2D eigenvalue weighted by atomic mass is 19.4. The standard InChI is InChI=1S/C12H14F3N3O/c13-12(14,15)8-2-1-3-10(6-8)17-11(19)18-5-4-9(16)7-18/h1-3,6,9H,4-5,7,16H2,(H,17,19)/t9-/m0/s1. The highest BCUT2D eigenvalue weighted by molar-refractivity contribution is 5.89. The van der Waals surface area contributed by atoms with Crippen molar-refractivity contribution in [3.63, 3.8) is 0 Å². The number of likely N-dealkylation sites (tertiary alicyclic amines) is 1. The highest BCUT2D eigenvalue weighted by Crippen LogP contribution is 2.30. The topological polar surface area (TPSA) is 58.4 Å². The fraction of sp³-hybridized carbons (Fsp3) is 0.417. The second kappa shape index (κ2) is 5.08. The van der Waals surface area contributed by atoms with Gasteiger partial charge in [-0.05, 0) is 24.6 Å². The summed E-state index contributed by atoms with van der Waals surface area (Å²) in [6.45, 7) is 0.941. The largest absolute Gasteiger partial charge is 0.416 e. The number of alkyl halides is 3. The number of benzene rings is 1. The van der Waals surface area contributed by atoms with Gasteiger partial charge in [0.2, 0.25) is 0 Å². The number of nitrogens with zero attached hydrogens (tertiary/aromatic N) is 1. The van der Waals surface area contributed by atoms with Crippen molar-refractivity contribution < 1.29 is 18.0 Å². The zero-order chi connectivity index (χ0) is 14.0. The van der Waals surface area contributed by atoms with Crippen LogP contribution < -0.4 is 11.1 Å². The Morgan fingerprint density at radius 2 is 2.16 bits per heavy atom. The molecule has 0 aliphatic carbocycles. The Morgan fingerprint density at radius 1 is 1.42 bits per heavy atom. The predicted octanol–water partition coefficient (Wildman–Crippen LogP) is 2.27. The third kappa shape index (κ3) is 3.37. The number of hydrogen-bond donors (Lipinski definition) is 2. The molecule has 1 fully saturated rings. The first-order valence-corrected chi connectivity index (χ1v) is 5.85. The number of hydrogen-bond acceptors (Lipinski definition) is 2. The van der Waals surface area contributed by atoms with Crippen LogP contribution in [0, 0.1) is 0 Å². The summed E-state index contributed by atoms with van der Waals surface area (Å²) in [5.41, 5.74) is 5.00. The fourth-order valence-corrected chi connectivity index (χ4v) is 1.95. The highest BCUT2D eigenvalue weighted by Gasteiger charge is 2.30. The van der Waals surface area contributed by atoms with Crippen LogP contribution in [0.25, 0.3) is 0 Å². The zero-order valence-corrected chi connectivity index (χ0v) is 10.1. The number of urea groups is 1. The Bertz CT molecular complexity index is 476. The molecule has 7 heteroatoms. The van der Waals surface area contributed by atoms with Crippen molar-refractivity contribution in [3.05, 3.63) is 29.8 Å². The van der Waals surface area contributed by atoms with Gasteiger partial charge in [-0.2, -0.15) is 13.2 Å². The minimum Gasteiger partial charge on any atom is -0.326 e. The molecule has 0 saturated carbocycles. The Labute approximate surface area is 108 Å². The van der Waals surface area contributed by atoms with E-state index in [0.717, 1.165) is 12.1 Å². The number of anilines is 1. The van der Waals surface area contributed by atoms with Crippen molar-refractivity contribution in [2.75, 3.05) is 18.4 Å². The molecule has 1 aromatic carbocycles. The summed E-state index contributed by atoms with van der Waals surface area (Å²) >= 11 is 0. The Kier molecular flexibility index (Phi) is 3.66. The molecule has 1 saturated heterocycles. The lowest BCUT2D eigenvalue weighted by atomic mass is 10.2. The van der Waals surface area contributed by atoms with Crippen LogP contribution in [0.4, 0.5) is 23.7 Å². The summed E-state index contributed by atoms with van der Waals surface area (Å²) in [4.78, 5) is 13.3. The first-order chi connectivity index (χ1) is 8.86. The van der Waals surface area contributed by atoms with E-state index in [1.54, 1.807) is 0 Å². The summed E-state index contributed by atoms with van der Waals surface area (Å²) in [7, 11) is 0. The lowest BCUT2D eigenvalue weighted by molar-refractivity contribution is -0.137. The van der Waals surface area contributed by atoms with E-state index in [1.807, 2.05) is 0 Å². The third-order valence-electron chi connectivity index (χ3n) is 2.95. The van der Waals surface area contributed by atoms with Crippen molar-refractivity contribution in [1.82, 2.24) is 4.90 Å². The first-order valence-electron chi connectivity index (χ1n) is 5.85. The smallest absolute Gasteiger partial charge is 0.326 e. The van der Waals surface area contributed by atoms with E-state index in [4.69, 9.17) is 5.73 Å². The molecule has 1 atom stereocenters. The molecule has 0 aromatic heterocycles. The minimum atomic E-state index is -4.42. The Balaban J connectivity index is 2.05. The second-order valence-electron chi connectivity index (χ2n) is 4.50. The van der Waals surface area contributed by atoms with Gasteiger partial charge >= 0.3 is 12.2 Å². The molecule has 0 bridgehead atoms. The molecule has 1 aliphatic rings. The van der Waals surface area contributed by atoms with Crippen molar-refractivity contribution >= 4 is 11.7 Å². The van der Waals surface area contributed by atoms with Crippen LogP contribution in [0.5, 0.6) is 0 Å². The molecule has 1 aromatic rings. The van der Waals surface area contributed by atoms with Crippen LogP contribution >= 0.6 is 0 Å². The fourth-order valence-electron chi connectivity index (χ4n) is 1.95. The summed E-state index contributed by atoms with van der Waals surface area (Å²) in [5.74, 6) is 0. The molecule has 104 valence electrons. The van der Waals surface area contributed by atoms with Crippen LogP contribution in [-0.4, -0.2) is 30.1 Å². The van der Waals surface area contributed by atoms with E-state index >= 15 is 0 Å². The average Bonchev–Trinajstić information content (AvgIpc) is 2.75. The zero-order valence-electron chi connectivity index (χ0n) is 10.1. The molecule has 0 unspecified atom stereocenters. The maximum absolute atomic E-state index is 12.5. The maximum Gasteiger partial charge on any atom is 0.416 e. The number of nitrogens with one attached hydrogen (secondary N) is 1. The van der Waals surface area contributed by atoms with Gasteiger partial charge in [-0.1, -0.05) is 6.07 Å². The van der Waals surface area contributed by atoms with Crippen molar-refractivity contribution in [3.8, 4) is 0 Å². The van der Waals surface area contributed by atoms with Crippen LogP contribution in [0.1, 0.15) is 12.0 Å². The molecule has 1 heterocycles. The van der Waals surface area contributed by atoms with Crippen molar-refractivity contribution in [2.45, 2.75) is 18.6 Å². The molecular formula is C12H14F3N3O. The van der Waals surface area contributed by atoms with Gasteiger partial charge in [-0.15, -0.1) is 0 Å². The number of carbonyl (C=O) groups is 1. The van der Waals surface area contributed by atoms with Crippen molar-refractivity contribution in [1.29, 1.82) is 0 Å². The predicted molar refractivity (Wildman–Crippen MR) is 64.6 cm³/mol. The van der Waals surface area contributed by atoms with Crippen LogP contribution in [0.2, 0.25) is 0 Å². The molecule has 0 spiro atoms. The number of amides is 2. The van der Waals surface area contributed by atoms with Crippen LogP contribution in [0.15, 0.2) is 24.3 Å². The monoisotopic (exact) mass is 273 g/mol. The minimum absolute atomic E-state index is 0.0627. The molecule has 2 amide bonds. The van der Waals surface area contributed by atoms with Crippen molar-refractivity contribution in [2.24, 2.45) is 5.73 Å². The summed E-state index contributed by atoms with van der Waals surface area (Å²) in [5, 5.41) is 2.45. The molecule has 4 nitrogen and oxygen atoms in total. The lowest BCUT2D eigenvalue weighted by Gasteiger charge is -2.17. The van der Waals surface area contributed by atoms with Gasteiger partial charge in [0, 0.05) is 24.8 Å². The van der Waals surface area contributed by atoms with E-state index in [-0.39, 0.29) is 11.7 Å². The second-order valence-corrected chi connectivity index (χ2v) is 4.50. The van der Waals surface area contributed by atoms with Gasteiger partial charge in [-0.3, -0.25) is 0 Å². The quantitative estimate of drug-likeness (QED) is 0.824. The molecule has 2 rings (SSSR count). The first kappa shape index (κ1) is 13.7. The number of halogens is 3. The van der Waals surface area contributed by atoms with E-state index in [0.29, 0.717) is 19.5 Å². The molecule has 19 heavy (non-hydrogen) atoms. The SMILES string of the molecule is N[C@H]1CCN(C(=O)Nc2cccc(C(F)(F)F)c2)C1. The maximum atomic E-state index is 12.5. The van der Waals surface area contributed by atoms with Gasteiger partial charge in [-0.25, -0.2) is 4.79 Å². The number of nitrogens with two attached hydrogens (primary N) is 1. The van der Waals surface area contributed by atoms with E-state index < -0.39 is 17.8 Å². The molecule has 0 radical (unpaired) electrons. The summed E-state index contributed by atoms with van der Waals surface area (Å²) in [6.07, 6.45) is -3.72. The van der Waals surface area contributed by atoms with Gasteiger partial charge in [0.05, 0.1) is 5.56 Å². The number of carbonyl (C=O) groups excluding carboxylic acids is 1. The third-order valence-corrected chi connectivity index (χ3v) is 2.95. The van der Waals surface area contributed by atoms with E-state index in [1.165, 1.54) is 17.0 Å². The Hall–Kier alpha value is -1.76. The van der Waals surface area contributed by atoms with Gasteiger partial charge in [0.1, 0.15) is 0 Å². The summed E-state index contributed by atoms with van der Waals surface area (Å²) < 4.78 is 37.6. The summed E-state index contributed by atoms with van der Waals surface area (Å²) in [6, 6.07) is 4.06. The van der Waals surface area contributed by atoms with Crippen LogP contribution in [-0.2, 0) is 6.18 Å². The normalized spacial score (nSPS) is 19.6. The molecular weight excluding hydrogens is 259 g/mol. The number of rotatable bonds is 1. The van der Waals surface area contributed by atoms with Crippen LogP contribution in [0.3, 0.4) is 0 Å². The van der Waals surface area contributed by atoms with E-state index in [9.17, 15) is 18.0 Å². The molecule has 3 N–H and O–H groups in total. The van der Waals surface area contributed by atoms with Gasteiger partial charge < -0.3 is 16.0 Å². The van der Waals surface area contributed by atoms with Gasteiger partial charge in [0.15, 0.2) is 0 Å². The Morgan fingerprint density at radius 3 is 2.74 bits per heavy atom.